The third-order valence-electron chi connectivity index (χ3n) is 4.81. The number of amides is 3. The summed E-state index contributed by atoms with van der Waals surface area (Å²) in [6.07, 6.45) is 1.70. The van der Waals surface area contributed by atoms with Crippen molar-refractivity contribution in [1.82, 2.24) is 15.5 Å². The number of nitrogens with zero attached hydrogens (tertiary/aromatic N) is 1. The van der Waals surface area contributed by atoms with Crippen LogP contribution in [0.3, 0.4) is 0 Å². The van der Waals surface area contributed by atoms with E-state index in [9.17, 15) is 14.4 Å². The van der Waals surface area contributed by atoms with E-state index in [1.807, 2.05) is 6.92 Å². The second kappa shape index (κ2) is 7.54. The molecular weight excluding hydrogens is 342 g/mol. The first-order valence-corrected chi connectivity index (χ1v) is 8.40. The van der Waals surface area contributed by atoms with E-state index >= 15 is 0 Å². The van der Waals surface area contributed by atoms with Crippen LogP contribution in [-0.2, 0) is 4.79 Å². The minimum Gasteiger partial charge on any atom is -0.351 e. The van der Waals surface area contributed by atoms with Crippen LogP contribution in [0, 0.1) is 6.92 Å². The minimum absolute atomic E-state index is 0. The molecule has 0 aliphatic carbocycles. The van der Waals surface area contributed by atoms with Crippen molar-refractivity contribution in [2.24, 2.45) is 0 Å². The van der Waals surface area contributed by atoms with Gasteiger partial charge in [0.25, 0.3) is 11.8 Å². The molecule has 6 nitrogen and oxygen atoms in total. The summed E-state index contributed by atoms with van der Waals surface area (Å²) in [6, 6.07) is 4.77. The normalized spacial score (nSPS) is 23.7. The standard InChI is InChI=1S/C18H23N3O3.ClH/c1-10-4-5-14-15(8-10)18(24)21(17(14)23)12(3)16(22)20-13-6-7-19-11(2)9-13;/h4-5,8,11-13,19H,6-7,9H2,1-3H3,(H,20,22);1H. The summed E-state index contributed by atoms with van der Waals surface area (Å²) in [5, 5.41) is 6.31. The van der Waals surface area contributed by atoms with Crippen molar-refractivity contribution in [2.75, 3.05) is 6.54 Å². The van der Waals surface area contributed by atoms with Crippen molar-refractivity contribution in [3.05, 3.63) is 34.9 Å². The van der Waals surface area contributed by atoms with Gasteiger partial charge in [-0.2, -0.15) is 0 Å². The summed E-state index contributed by atoms with van der Waals surface area (Å²) in [5.74, 6) is -1.06. The van der Waals surface area contributed by atoms with Gasteiger partial charge in [-0.3, -0.25) is 19.3 Å². The number of piperidine rings is 1. The number of aryl methyl sites for hydroxylation is 1. The van der Waals surface area contributed by atoms with Gasteiger partial charge in [-0.25, -0.2) is 0 Å². The molecule has 1 aromatic rings. The lowest BCUT2D eigenvalue weighted by Gasteiger charge is -2.30. The number of imide groups is 1. The number of hydrogen-bond donors (Lipinski definition) is 2. The van der Waals surface area contributed by atoms with Crippen molar-refractivity contribution in [3.63, 3.8) is 0 Å². The van der Waals surface area contributed by atoms with Crippen molar-refractivity contribution in [1.29, 1.82) is 0 Å². The highest BCUT2D eigenvalue weighted by molar-refractivity contribution is 6.22. The lowest BCUT2D eigenvalue weighted by atomic mass is 10.0. The number of rotatable bonds is 3. The molecule has 3 rings (SSSR count). The highest BCUT2D eigenvalue weighted by atomic mass is 35.5. The summed E-state index contributed by atoms with van der Waals surface area (Å²) in [7, 11) is 0. The fraction of sp³-hybridized carbons (Fsp3) is 0.500. The maximum absolute atomic E-state index is 12.6. The summed E-state index contributed by atoms with van der Waals surface area (Å²) in [5.41, 5.74) is 1.67. The van der Waals surface area contributed by atoms with Crippen LogP contribution < -0.4 is 10.6 Å². The van der Waals surface area contributed by atoms with E-state index < -0.39 is 11.9 Å². The molecule has 1 aromatic carbocycles. The molecule has 0 aromatic heterocycles. The predicted octanol–water partition coefficient (Wildman–Crippen LogP) is 1.66. The fourth-order valence-electron chi connectivity index (χ4n) is 3.43. The van der Waals surface area contributed by atoms with Crippen molar-refractivity contribution < 1.29 is 14.4 Å². The molecule has 2 aliphatic heterocycles. The van der Waals surface area contributed by atoms with Gasteiger partial charge in [0.15, 0.2) is 0 Å². The van der Waals surface area contributed by atoms with Crippen LogP contribution >= 0.6 is 12.4 Å². The molecule has 2 N–H and O–H groups in total. The van der Waals surface area contributed by atoms with Crippen LogP contribution in [0.1, 0.15) is 53.0 Å². The molecule has 1 fully saturated rings. The lowest BCUT2D eigenvalue weighted by Crippen LogP contribution is -2.53. The molecule has 2 heterocycles. The molecule has 3 amide bonds. The third-order valence-corrected chi connectivity index (χ3v) is 4.81. The van der Waals surface area contributed by atoms with Gasteiger partial charge in [0.1, 0.15) is 6.04 Å². The van der Waals surface area contributed by atoms with Crippen LogP contribution in [0.2, 0.25) is 0 Å². The van der Waals surface area contributed by atoms with E-state index in [0.29, 0.717) is 17.2 Å². The van der Waals surface area contributed by atoms with Crippen molar-refractivity contribution in [3.8, 4) is 0 Å². The summed E-state index contributed by atoms with van der Waals surface area (Å²) >= 11 is 0. The van der Waals surface area contributed by atoms with Gasteiger partial charge < -0.3 is 10.6 Å². The number of carbonyl (C=O) groups excluding carboxylic acids is 3. The first-order valence-electron chi connectivity index (χ1n) is 8.40. The van der Waals surface area contributed by atoms with Gasteiger partial charge in [0.05, 0.1) is 11.1 Å². The lowest BCUT2D eigenvalue weighted by molar-refractivity contribution is -0.125. The second-order valence-corrected chi connectivity index (χ2v) is 6.79. The van der Waals surface area contributed by atoms with E-state index in [2.05, 4.69) is 17.6 Å². The van der Waals surface area contributed by atoms with Crippen LogP contribution in [-0.4, -0.2) is 47.3 Å². The first kappa shape index (κ1) is 19.4. The smallest absolute Gasteiger partial charge is 0.262 e. The number of halogens is 1. The van der Waals surface area contributed by atoms with E-state index in [0.717, 1.165) is 29.8 Å². The summed E-state index contributed by atoms with van der Waals surface area (Å²) < 4.78 is 0. The van der Waals surface area contributed by atoms with Crippen LogP contribution in [0.15, 0.2) is 18.2 Å². The number of hydrogen-bond acceptors (Lipinski definition) is 4. The van der Waals surface area contributed by atoms with Gasteiger partial charge in [0, 0.05) is 12.1 Å². The molecule has 136 valence electrons. The average molecular weight is 366 g/mol. The first-order chi connectivity index (χ1) is 11.4. The highest BCUT2D eigenvalue weighted by Crippen LogP contribution is 2.25. The zero-order chi connectivity index (χ0) is 17.4. The largest absolute Gasteiger partial charge is 0.351 e. The number of fused-ring (bicyclic) bond motifs is 1. The van der Waals surface area contributed by atoms with E-state index in [1.165, 1.54) is 0 Å². The Morgan fingerprint density at radius 3 is 2.64 bits per heavy atom. The molecule has 7 heteroatoms. The Morgan fingerprint density at radius 2 is 1.96 bits per heavy atom. The second-order valence-electron chi connectivity index (χ2n) is 6.79. The third kappa shape index (κ3) is 3.70. The van der Waals surface area contributed by atoms with Gasteiger partial charge in [-0.05, 0) is 52.3 Å². The van der Waals surface area contributed by atoms with Crippen LogP contribution in [0.25, 0.3) is 0 Å². The Morgan fingerprint density at radius 1 is 1.28 bits per heavy atom. The highest BCUT2D eigenvalue weighted by Gasteiger charge is 2.41. The van der Waals surface area contributed by atoms with E-state index in [4.69, 9.17) is 0 Å². The molecule has 2 aliphatic rings. The SMILES string of the molecule is Cc1ccc2c(c1)C(=O)N(C(C)C(=O)NC1CCNC(C)C1)C2=O.Cl. The summed E-state index contributed by atoms with van der Waals surface area (Å²) in [4.78, 5) is 38.7. The molecule has 0 radical (unpaired) electrons. The fourth-order valence-corrected chi connectivity index (χ4v) is 3.43. The predicted molar refractivity (Wildman–Crippen MR) is 97.0 cm³/mol. The van der Waals surface area contributed by atoms with Crippen LogP contribution in [0.5, 0.6) is 0 Å². The molecule has 1 saturated heterocycles. The van der Waals surface area contributed by atoms with Crippen molar-refractivity contribution >= 4 is 30.1 Å². The zero-order valence-electron chi connectivity index (χ0n) is 14.7. The van der Waals surface area contributed by atoms with E-state index in [-0.39, 0.29) is 30.3 Å². The molecular formula is C18H24ClN3O3. The van der Waals surface area contributed by atoms with E-state index in [1.54, 1.807) is 25.1 Å². The molecule has 0 spiro atoms. The number of carbonyl (C=O) groups is 3. The Kier molecular flexibility index (Phi) is 5.85. The Labute approximate surface area is 153 Å². The monoisotopic (exact) mass is 365 g/mol. The summed E-state index contributed by atoms with van der Waals surface area (Å²) in [6.45, 7) is 6.41. The van der Waals surface area contributed by atoms with Gasteiger partial charge in [-0.1, -0.05) is 11.6 Å². The molecule has 3 atom stereocenters. The average Bonchev–Trinajstić information content (AvgIpc) is 2.77. The maximum Gasteiger partial charge on any atom is 0.262 e. The maximum atomic E-state index is 12.6. The van der Waals surface area contributed by atoms with Gasteiger partial charge in [0.2, 0.25) is 5.91 Å². The minimum atomic E-state index is -0.817. The topological polar surface area (TPSA) is 78.5 Å². The molecule has 25 heavy (non-hydrogen) atoms. The van der Waals surface area contributed by atoms with Gasteiger partial charge in [-0.15, -0.1) is 12.4 Å². The molecule has 0 saturated carbocycles. The number of nitrogens with one attached hydrogen (secondary N) is 2. The van der Waals surface area contributed by atoms with Crippen molar-refractivity contribution in [2.45, 2.75) is 51.7 Å². The van der Waals surface area contributed by atoms with Crippen LogP contribution in [0.4, 0.5) is 0 Å². The molecule has 3 unspecified atom stereocenters. The Hall–Kier alpha value is -1.92. The quantitative estimate of drug-likeness (QED) is 0.798. The molecule has 0 bridgehead atoms. The Bertz CT molecular complexity index is 707. The van der Waals surface area contributed by atoms with Gasteiger partial charge >= 0.3 is 0 Å². The number of benzene rings is 1. The Balaban J connectivity index is 0.00000225. The zero-order valence-corrected chi connectivity index (χ0v) is 15.5.